The number of phenolic OH excluding ortho intramolecular Hbond substituents is 1. The van der Waals surface area contributed by atoms with Gasteiger partial charge in [-0.15, -0.1) is 11.8 Å². The number of nitrogens with zero attached hydrogens (tertiary/aromatic N) is 2. The quantitative estimate of drug-likeness (QED) is 0.533. The van der Waals surface area contributed by atoms with E-state index >= 15 is 0 Å². The number of benzene rings is 1. The highest BCUT2D eigenvalue weighted by Crippen LogP contribution is 2.42. The second-order valence-electron chi connectivity index (χ2n) is 9.83. The van der Waals surface area contributed by atoms with Crippen LogP contribution < -0.4 is 5.32 Å². The summed E-state index contributed by atoms with van der Waals surface area (Å²) in [5.74, 6) is -1.07. The number of ether oxygens (including phenoxy) is 1. The number of aromatic nitrogens is 1. The molecule has 190 valence electrons. The third-order valence-corrected chi connectivity index (χ3v) is 8.72. The number of hydrogen-bond donors (Lipinski definition) is 2. The Morgan fingerprint density at radius 2 is 1.91 bits per heavy atom. The Morgan fingerprint density at radius 3 is 2.49 bits per heavy atom. The molecule has 1 amide bonds. The van der Waals surface area contributed by atoms with Gasteiger partial charge in [-0.1, -0.05) is 12.1 Å². The van der Waals surface area contributed by atoms with Crippen LogP contribution >= 0.6 is 11.8 Å². The minimum atomic E-state index is -4.01. The molecule has 0 radical (unpaired) electrons. The van der Waals surface area contributed by atoms with Crippen molar-refractivity contribution >= 4 is 33.7 Å². The summed E-state index contributed by atoms with van der Waals surface area (Å²) in [4.78, 5) is 30.5. The second kappa shape index (κ2) is 10.2. The summed E-state index contributed by atoms with van der Waals surface area (Å²) in [6.07, 6.45) is 2.83. The molecule has 1 saturated heterocycles. The minimum Gasteiger partial charge on any atom is -0.508 e. The van der Waals surface area contributed by atoms with Gasteiger partial charge in [-0.2, -0.15) is 4.31 Å². The van der Waals surface area contributed by atoms with E-state index in [1.165, 1.54) is 48.4 Å². The lowest BCUT2D eigenvalue weighted by molar-refractivity contribution is -0.158. The van der Waals surface area contributed by atoms with Crippen LogP contribution in [-0.4, -0.2) is 63.0 Å². The van der Waals surface area contributed by atoms with E-state index in [-0.39, 0.29) is 22.9 Å². The van der Waals surface area contributed by atoms with Crippen LogP contribution in [0.2, 0.25) is 0 Å². The zero-order chi connectivity index (χ0) is 26.0. The van der Waals surface area contributed by atoms with Gasteiger partial charge in [0.15, 0.2) is 0 Å². The number of aromatic hydroxyl groups is 1. The van der Waals surface area contributed by atoms with Gasteiger partial charge in [0, 0.05) is 23.6 Å². The van der Waals surface area contributed by atoms with Crippen LogP contribution in [0.1, 0.15) is 40.2 Å². The van der Waals surface area contributed by atoms with Crippen LogP contribution in [0.25, 0.3) is 0 Å². The molecule has 1 fully saturated rings. The molecule has 3 rings (SSSR count). The van der Waals surface area contributed by atoms with Crippen molar-refractivity contribution in [1.29, 1.82) is 0 Å². The Hall–Kier alpha value is -2.63. The molecule has 2 heterocycles. The molecule has 2 atom stereocenters. The lowest BCUT2D eigenvalue weighted by Gasteiger charge is -2.31. The average Bonchev–Trinajstić information content (AvgIpc) is 3.10. The van der Waals surface area contributed by atoms with E-state index in [9.17, 15) is 23.1 Å². The van der Waals surface area contributed by atoms with Crippen molar-refractivity contribution in [2.45, 2.75) is 68.4 Å². The number of phenols is 1. The summed E-state index contributed by atoms with van der Waals surface area (Å²) in [6.45, 7) is 8.77. The summed E-state index contributed by atoms with van der Waals surface area (Å²) in [6, 6.07) is 7.09. The molecule has 2 N–H and O–H groups in total. The van der Waals surface area contributed by atoms with Gasteiger partial charge in [0.1, 0.15) is 28.3 Å². The SMILES string of the molecule is CC(C)(C)OC(=O)[C@H](Cc1ccc(O)cc1)NC(=O)[C@H]1N(S(=O)(=O)c2cccnc2)CSC1(C)C. The van der Waals surface area contributed by atoms with Gasteiger partial charge < -0.3 is 15.2 Å². The van der Waals surface area contributed by atoms with Gasteiger partial charge >= 0.3 is 5.97 Å². The fourth-order valence-corrected chi connectivity index (χ4v) is 6.84. The number of amides is 1. The molecule has 1 aromatic heterocycles. The van der Waals surface area contributed by atoms with Crippen molar-refractivity contribution < 1.29 is 27.9 Å². The molecule has 35 heavy (non-hydrogen) atoms. The van der Waals surface area contributed by atoms with Crippen LogP contribution in [0.4, 0.5) is 0 Å². The summed E-state index contributed by atoms with van der Waals surface area (Å²) in [5, 5.41) is 12.3. The number of sulfonamides is 1. The third-order valence-electron chi connectivity index (χ3n) is 5.38. The normalized spacial score (nSPS) is 19.2. The number of rotatable bonds is 7. The highest BCUT2D eigenvalue weighted by molar-refractivity contribution is 8.02. The lowest BCUT2D eigenvalue weighted by atomic mass is 10.0. The standard InChI is InChI=1S/C24H31N3O6S2/c1-23(2,3)33-22(30)19(13-16-8-10-17(28)11-9-16)26-21(29)20-24(4,5)34-15-27(20)35(31,32)18-7-6-12-25-14-18/h6-12,14,19-20,28H,13,15H2,1-5H3,(H,26,29)/t19-,20+/m0/s1. The molecule has 1 aromatic carbocycles. The maximum atomic E-state index is 13.6. The molecule has 2 aromatic rings. The predicted octanol–water partition coefficient (Wildman–Crippen LogP) is 2.70. The Morgan fingerprint density at radius 1 is 1.26 bits per heavy atom. The summed E-state index contributed by atoms with van der Waals surface area (Å²) >= 11 is 1.34. The van der Waals surface area contributed by atoms with Gasteiger partial charge in [0.05, 0.1) is 5.88 Å². The van der Waals surface area contributed by atoms with Crippen molar-refractivity contribution in [3.63, 3.8) is 0 Å². The minimum absolute atomic E-state index is 0.0103. The third kappa shape index (κ3) is 6.53. The van der Waals surface area contributed by atoms with Crippen molar-refractivity contribution in [2.24, 2.45) is 0 Å². The number of thioether (sulfide) groups is 1. The number of hydrogen-bond acceptors (Lipinski definition) is 8. The molecule has 1 aliphatic heterocycles. The van der Waals surface area contributed by atoms with Crippen LogP contribution in [-0.2, 0) is 30.8 Å². The Bertz CT molecular complexity index is 1160. The highest BCUT2D eigenvalue weighted by Gasteiger charge is 2.51. The highest BCUT2D eigenvalue weighted by atomic mass is 32.2. The molecule has 0 spiro atoms. The van der Waals surface area contributed by atoms with E-state index in [2.05, 4.69) is 10.3 Å². The van der Waals surface area contributed by atoms with Gasteiger partial charge in [-0.05, 0) is 64.4 Å². The van der Waals surface area contributed by atoms with Gasteiger partial charge in [-0.25, -0.2) is 13.2 Å². The Balaban J connectivity index is 1.90. The molecular weight excluding hydrogens is 490 g/mol. The van der Waals surface area contributed by atoms with Crippen LogP contribution in [0.3, 0.4) is 0 Å². The van der Waals surface area contributed by atoms with Crippen LogP contribution in [0.15, 0.2) is 53.7 Å². The van der Waals surface area contributed by atoms with Crippen LogP contribution in [0.5, 0.6) is 5.75 Å². The topological polar surface area (TPSA) is 126 Å². The summed E-state index contributed by atoms with van der Waals surface area (Å²) in [5.41, 5.74) is -0.0912. The van der Waals surface area contributed by atoms with E-state index in [4.69, 9.17) is 4.74 Å². The molecule has 11 heteroatoms. The number of carbonyl (C=O) groups excluding carboxylic acids is 2. The summed E-state index contributed by atoms with van der Waals surface area (Å²) < 4.78 is 32.6. The van der Waals surface area contributed by atoms with Gasteiger partial charge in [0.2, 0.25) is 15.9 Å². The lowest BCUT2D eigenvalue weighted by Crippen LogP contribution is -2.57. The molecular formula is C24H31N3O6S2. The zero-order valence-corrected chi connectivity index (χ0v) is 22.0. The summed E-state index contributed by atoms with van der Waals surface area (Å²) in [7, 11) is -4.01. The van der Waals surface area contributed by atoms with Crippen molar-refractivity contribution in [1.82, 2.24) is 14.6 Å². The number of nitrogens with one attached hydrogen (secondary N) is 1. The van der Waals surface area contributed by atoms with Crippen molar-refractivity contribution in [2.75, 3.05) is 5.88 Å². The van der Waals surface area contributed by atoms with E-state index in [0.29, 0.717) is 5.56 Å². The molecule has 0 saturated carbocycles. The maximum Gasteiger partial charge on any atom is 0.329 e. The molecule has 0 unspecified atom stereocenters. The fourth-order valence-electron chi connectivity index (χ4n) is 3.70. The number of carbonyl (C=O) groups is 2. The fraction of sp³-hybridized carbons (Fsp3) is 0.458. The number of pyridine rings is 1. The van der Waals surface area contributed by atoms with Crippen molar-refractivity contribution in [3.8, 4) is 5.75 Å². The van der Waals surface area contributed by atoms with E-state index in [1.54, 1.807) is 46.8 Å². The molecule has 9 nitrogen and oxygen atoms in total. The first-order valence-electron chi connectivity index (χ1n) is 11.1. The van der Waals surface area contributed by atoms with Gasteiger partial charge in [-0.3, -0.25) is 9.78 Å². The van der Waals surface area contributed by atoms with E-state index < -0.39 is 44.3 Å². The van der Waals surface area contributed by atoms with E-state index in [0.717, 1.165) is 4.31 Å². The van der Waals surface area contributed by atoms with E-state index in [1.807, 2.05) is 0 Å². The zero-order valence-electron chi connectivity index (χ0n) is 20.4. The average molecular weight is 522 g/mol. The van der Waals surface area contributed by atoms with Crippen LogP contribution in [0, 0.1) is 0 Å². The monoisotopic (exact) mass is 521 g/mol. The Labute approximate surface area is 210 Å². The van der Waals surface area contributed by atoms with Crippen molar-refractivity contribution in [3.05, 3.63) is 54.4 Å². The first-order chi connectivity index (χ1) is 16.2. The largest absolute Gasteiger partial charge is 0.508 e. The Kier molecular flexibility index (Phi) is 7.83. The maximum absolute atomic E-state index is 13.6. The first-order valence-corrected chi connectivity index (χ1v) is 13.5. The smallest absolute Gasteiger partial charge is 0.329 e. The molecule has 0 aliphatic carbocycles. The molecule has 1 aliphatic rings. The first kappa shape index (κ1) is 27.0. The van der Waals surface area contributed by atoms with Gasteiger partial charge in [0.25, 0.3) is 0 Å². The number of esters is 1. The second-order valence-corrected chi connectivity index (χ2v) is 13.3. The molecule has 0 bridgehead atoms. The predicted molar refractivity (Wildman–Crippen MR) is 133 cm³/mol.